The average molecular weight is 273 g/mol. The molecule has 2 N–H and O–H groups in total. The van der Waals surface area contributed by atoms with Gasteiger partial charge in [-0.1, -0.05) is 17.7 Å². The van der Waals surface area contributed by atoms with Crippen LogP contribution < -0.4 is 5.73 Å². The highest BCUT2D eigenvalue weighted by Crippen LogP contribution is 2.27. The topological polar surface area (TPSA) is 65.1 Å². The first kappa shape index (κ1) is 11.7. The number of rotatable bonds is 2. The molecule has 19 heavy (non-hydrogen) atoms. The van der Waals surface area contributed by atoms with Crippen LogP contribution in [0.3, 0.4) is 0 Å². The van der Waals surface area contributed by atoms with Crippen LogP contribution in [0.1, 0.15) is 20.7 Å². The number of fused-ring (bicyclic) bond motifs is 2. The van der Waals surface area contributed by atoms with E-state index in [1.165, 1.54) is 10.6 Å². The van der Waals surface area contributed by atoms with Crippen LogP contribution in [0.5, 0.6) is 0 Å². The molecule has 4 nitrogen and oxygen atoms in total. The van der Waals surface area contributed by atoms with Crippen molar-refractivity contribution in [1.82, 2.24) is 4.57 Å². The molecule has 1 aromatic carbocycles. The Balaban J connectivity index is 2.10. The summed E-state index contributed by atoms with van der Waals surface area (Å²) in [6.07, 6.45) is 0. The second-order valence-electron chi connectivity index (χ2n) is 4.22. The predicted octanol–water partition coefficient (Wildman–Crippen LogP) is 2.52. The molecule has 5 heteroatoms. The van der Waals surface area contributed by atoms with Gasteiger partial charge in [0.1, 0.15) is 0 Å². The van der Waals surface area contributed by atoms with Crippen LogP contribution in [-0.4, -0.2) is 16.4 Å². The number of hydrogen-bond donors (Lipinski definition) is 1. The molecule has 0 atom stereocenters. The third-order valence-corrected chi connectivity index (χ3v) is 3.33. The lowest BCUT2D eigenvalue weighted by atomic mass is 10.1. The molecule has 2 aromatic heterocycles. The first-order valence-electron chi connectivity index (χ1n) is 5.62. The van der Waals surface area contributed by atoms with Crippen LogP contribution in [0.15, 0.2) is 42.5 Å². The van der Waals surface area contributed by atoms with Crippen LogP contribution in [0.2, 0.25) is 5.02 Å². The zero-order valence-electron chi connectivity index (χ0n) is 9.76. The normalized spacial score (nSPS) is 11.0. The summed E-state index contributed by atoms with van der Waals surface area (Å²) < 4.78 is 1.52. The second kappa shape index (κ2) is 4.10. The van der Waals surface area contributed by atoms with Crippen molar-refractivity contribution in [1.29, 1.82) is 0 Å². The number of hydrogen-bond acceptors (Lipinski definition) is 2. The Morgan fingerprint density at radius 3 is 2.37 bits per heavy atom. The van der Waals surface area contributed by atoms with Gasteiger partial charge in [0.25, 0.3) is 5.91 Å². The zero-order chi connectivity index (χ0) is 13.6. The van der Waals surface area contributed by atoms with Gasteiger partial charge in [-0.25, -0.2) is 0 Å². The van der Waals surface area contributed by atoms with Gasteiger partial charge < -0.3 is 5.73 Å². The summed E-state index contributed by atoms with van der Waals surface area (Å²) in [5, 5.41) is 0.539. The Morgan fingerprint density at radius 2 is 1.79 bits per heavy atom. The molecule has 3 aromatic rings. The number of carbonyl (C=O) groups excluding carboxylic acids is 2. The fraction of sp³-hybridized carbons (Fsp3) is 0. The molecule has 2 bridgehead atoms. The number of nitrogens with zero attached hydrogens (tertiary/aromatic N) is 1. The Morgan fingerprint density at radius 1 is 1.05 bits per heavy atom. The van der Waals surface area contributed by atoms with Crippen molar-refractivity contribution in [2.75, 3.05) is 0 Å². The van der Waals surface area contributed by atoms with Gasteiger partial charge in [-0.05, 0) is 36.4 Å². The van der Waals surface area contributed by atoms with Gasteiger partial charge >= 0.3 is 0 Å². The third kappa shape index (κ3) is 1.77. The quantitative estimate of drug-likeness (QED) is 0.779. The number of aromatic nitrogens is 1. The highest BCUT2D eigenvalue weighted by molar-refractivity contribution is 6.35. The molecule has 94 valence electrons. The van der Waals surface area contributed by atoms with Crippen LogP contribution in [0, 0.1) is 0 Å². The van der Waals surface area contributed by atoms with E-state index in [0.29, 0.717) is 21.7 Å². The minimum absolute atomic E-state index is 0.231. The maximum atomic E-state index is 12.4. The predicted molar refractivity (Wildman–Crippen MR) is 72.8 cm³/mol. The monoisotopic (exact) mass is 272 g/mol. The van der Waals surface area contributed by atoms with Crippen molar-refractivity contribution in [2.45, 2.75) is 0 Å². The minimum atomic E-state index is -0.561. The van der Waals surface area contributed by atoms with E-state index in [9.17, 15) is 9.59 Å². The molecule has 2 heterocycles. The van der Waals surface area contributed by atoms with Gasteiger partial charge in [-0.15, -0.1) is 0 Å². The molecule has 0 fully saturated rings. The molecule has 0 radical (unpaired) electrons. The molecule has 3 rings (SSSR count). The summed E-state index contributed by atoms with van der Waals surface area (Å²) in [5.41, 5.74) is 7.30. The lowest BCUT2D eigenvalue weighted by molar-refractivity contribution is 0.0969. The van der Waals surface area contributed by atoms with Crippen LogP contribution in [0.25, 0.3) is 11.0 Å². The van der Waals surface area contributed by atoms with Gasteiger partial charge in [0, 0.05) is 11.1 Å². The van der Waals surface area contributed by atoms with E-state index in [2.05, 4.69) is 0 Å². The Labute approximate surface area is 113 Å². The van der Waals surface area contributed by atoms with E-state index < -0.39 is 5.91 Å². The van der Waals surface area contributed by atoms with Crippen molar-refractivity contribution < 1.29 is 9.59 Å². The van der Waals surface area contributed by atoms with Crippen molar-refractivity contribution >= 4 is 34.4 Å². The van der Waals surface area contributed by atoms with Crippen LogP contribution in [0.4, 0.5) is 0 Å². The van der Waals surface area contributed by atoms with Crippen molar-refractivity contribution in [2.24, 2.45) is 5.73 Å². The van der Waals surface area contributed by atoms with E-state index >= 15 is 0 Å². The minimum Gasteiger partial charge on any atom is -0.366 e. The molecular weight excluding hydrogens is 264 g/mol. The summed E-state index contributed by atoms with van der Waals surface area (Å²) in [6.45, 7) is 0. The van der Waals surface area contributed by atoms with Crippen LogP contribution >= 0.6 is 11.6 Å². The van der Waals surface area contributed by atoms with Gasteiger partial charge in [0.2, 0.25) is 5.91 Å². The van der Waals surface area contributed by atoms with Crippen molar-refractivity contribution in [3.63, 3.8) is 0 Å². The smallest absolute Gasteiger partial charge is 0.262 e. The zero-order valence-corrected chi connectivity index (χ0v) is 10.5. The standard InChI is InChI=1S/C14H9ClN2O2/c15-11-7-10-4-5-12(11)17(10)14(19)9-3-1-2-8(6-9)13(16)18/h1-7H,(H2,16,18). The van der Waals surface area contributed by atoms with E-state index in [1.54, 1.807) is 30.3 Å². The van der Waals surface area contributed by atoms with E-state index in [4.69, 9.17) is 17.3 Å². The lowest BCUT2D eigenvalue weighted by Crippen LogP contribution is -2.14. The van der Waals surface area contributed by atoms with Crippen molar-refractivity contribution in [3.05, 3.63) is 58.6 Å². The summed E-state index contributed by atoms with van der Waals surface area (Å²) in [6, 6.07) is 11.7. The molecule has 0 aliphatic carbocycles. The first-order chi connectivity index (χ1) is 9.08. The first-order valence-corrected chi connectivity index (χ1v) is 5.99. The SMILES string of the molecule is NC(=O)c1cccc(C(=O)n2c3ccc2c(Cl)c3)c1. The summed E-state index contributed by atoms with van der Waals surface area (Å²) in [7, 11) is 0. The van der Waals surface area contributed by atoms with E-state index in [1.807, 2.05) is 6.07 Å². The summed E-state index contributed by atoms with van der Waals surface area (Å²) in [4.78, 5) is 23.6. The number of carbonyl (C=O) groups is 2. The number of benzene rings is 2. The molecule has 0 unspecified atom stereocenters. The summed E-state index contributed by atoms with van der Waals surface area (Å²) in [5.74, 6) is -0.793. The molecule has 0 aliphatic heterocycles. The Bertz CT molecular complexity index is 791. The second-order valence-corrected chi connectivity index (χ2v) is 4.63. The van der Waals surface area contributed by atoms with Gasteiger partial charge in [0.15, 0.2) is 0 Å². The summed E-state index contributed by atoms with van der Waals surface area (Å²) >= 11 is 6.00. The molecule has 0 spiro atoms. The van der Waals surface area contributed by atoms with Gasteiger partial charge in [-0.2, -0.15) is 0 Å². The Kier molecular flexibility index (Phi) is 2.54. The number of amides is 1. The van der Waals surface area contributed by atoms with Gasteiger partial charge in [-0.3, -0.25) is 14.2 Å². The van der Waals surface area contributed by atoms with E-state index in [0.717, 1.165) is 5.52 Å². The van der Waals surface area contributed by atoms with Crippen molar-refractivity contribution in [3.8, 4) is 0 Å². The average Bonchev–Trinajstić information content (AvgIpc) is 2.94. The molecule has 0 saturated heterocycles. The largest absolute Gasteiger partial charge is 0.366 e. The highest BCUT2D eigenvalue weighted by Gasteiger charge is 2.17. The fourth-order valence-electron chi connectivity index (χ4n) is 2.12. The third-order valence-electron chi connectivity index (χ3n) is 3.03. The molecule has 1 amide bonds. The highest BCUT2D eigenvalue weighted by atomic mass is 35.5. The van der Waals surface area contributed by atoms with Crippen LogP contribution in [-0.2, 0) is 0 Å². The molecule has 0 aliphatic rings. The Hall–Kier alpha value is -2.33. The molecule has 0 saturated carbocycles. The number of halogens is 1. The number of nitrogens with two attached hydrogens (primary N) is 1. The fourth-order valence-corrected chi connectivity index (χ4v) is 2.38. The number of primary amides is 1. The maximum absolute atomic E-state index is 12.4. The van der Waals surface area contributed by atoms with E-state index in [-0.39, 0.29) is 5.91 Å². The van der Waals surface area contributed by atoms with Gasteiger partial charge in [0.05, 0.1) is 16.1 Å². The lowest BCUT2D eigenvalue weighted by Gasteiger charge is -2.04. The maximum Gasteiger partial charge on any atom is 0.262 e. The molecular formula is C14H9ClN2O2.